The van der Waals surface area contributed by atoms with Crippen molar-refractivity contribution in [3.8, 4) is 5.75 Å². The smallest absolute Gasteiger partial charge is 0.332 e. The van der Waals surface area contributed by atoms with Gasteiger partial charge in [-0.3, -0.25) is 9.59 Å². The molecule has 2 aromatic carbocycles. The van der Waals surface area contributed by atoms with Crippen molar-refractivity contribution in [2.24, 2.45) is 5.92 Å². The molecule has 2 aromatic rings. The predicted octanol–water partition coefficient (Wildman–Crippen LogP) is 4.56. The van der Waals surface area contributed by atoms with Gasteiger partial charge in [-0.05, 0) is 61.4 Å². The second kappa shape index (κ2) is 9.83. The van der Waals surface area contributed by atoms with Gasteiger partial charge in [0.05, 0.1) is 18.7 Å². The van der Waals surface area contributed by atoms with Crippen LogP contribution in [0.3, 0.4) is 0 Å². The molecule has 3 rings (SSSR count). The number of rotatable bonds is 8. The second-order valence-corrected chi connectivity index (χ2v) is 8.14. The van der Waals surface area contributed by atoms with Crippen molar-refractivity contribution in [1.29, 1.82) is 0 Å². The van der Waals surface area contributed by atoms with Gasteiger partial charge in [-0.25, -0.2) is 9.69 Å². The zero-order valence-corrected chi connectivity index (χ0v) is 18.6. The van der Waals surface area contributed by atoms with Crippen molar-refractivity contribution < 1.29 is 19.1 Å². The summed E-state index contributed by atoms with van der Waals surface area (Å²) in [5, 5.41) is 3.30. The summed E-state index contributed by atoms with van der Waals surface area (Å²) in [7, 11) is 0. The molecule has 1 saturated heterocycles. The lowest BCUT2D eigenvalue weighted by molar-refractivity contribution is -0.124. The number of carbonyl (C=O) groups is 3. The number of halogens is 1. The molecule has 0 saturated carbocycles. The third kappa shape index (κ3) is 5.35. The number of carbonyl (C=O) groups excluding carboxylic acids is 3. The number of ether oxygens (including phenoxy) is 1. The summed E-state index contributed by atoms with van der Waals surface area (Å²) < 4.78 is 5.40. The highest BCUT2D eigenvalue weighted by Gasteiger charge is 2.46. The molecule has 31 heavy (non-hydrogen) atoms. The van der Waals surface area contributed by atoms with Gasteiger partial charge in [-0.2, -0.15) is 0 Å². The van der Waals surface area contributed by atoms with Crippen LogP contribution in [0.4, 0.5) is 16.2 Å². The van der Waals surface area contributed by atoms with Crippen LogP contribution in [-0.2, 0) is 9.59 Å². The molecule has 164 valence electrons. The van der Waals surface area contributed by atoms with Crippen molar-refractivity contribution in [2.45, 2.75) is 33.2 Å². The zero-order valence-electron chi connectivity index (χ0n) is 17.8. The Balaban J connectivity index is 1.76. The SMILES string of the molecule is CCOc1ccc(NC(=O)C[C@H]2C(=O)N(c3ccc(Cl)cc3)C(=O)N2CC(C)C)cc1. The van der Waals surface area contributed by atoms with Crippen molar-refractivity contribution >= 4 is 40.8 Å². The summed E-state index contributed by atoms with van der Waals surface area (Å²) in [6.45, 7) is 6.74. The van der Waals surface area contributed by atoms with Crippen molar-refractivity contribution in [3.05, 3.63) is 53.6 Å². The molecule has 7 nitrogen and oxygen atoms in total. The minimum absolute atomic E-state index is 0.130. The fourth-order valence-electron chi connectivity index (χ4n) is 3.45. The minimum Gasteiger partial charge on any atom is -0.494 e. The molecule has 1 heterocycles. The third-order valence-corrected chi connectivity index (χ3v) is 5.05. The van der Waals surface area contributed by atoms with Gasteiger partial charge in [0.25, 0.3) is 5.91 Å². The lowest BCUT2D eigenvalue weighted by Crippen LogP contribution is -2.40. The lowest BCUT2D eigenvalue weighted by Gasteiger charge is -2.23. The highest BCUT2D eigenvalue weighted by molar-refractivity contribution is 6.30. The minimum atomic E-state index is -0.867. The molecule has 1 aliphatic heterocycles. The quantitative estimate of drug-likeness (QED) is 0.606. The molecule has 8 heteroatoms. The van der Waals surface area contributed by atoms with Gasteiger partial charge in [0.1, 0.15) is 11.8 Å². The lowest BCUT2D eigenvalue weighted by atomic mass is 10.1. The summed E-state index contributed by atoms with van der Waals surface area (Å²) in [5.41, 5.74) is 1.03. The summed E-state index contributed by atoms with van der Waals surface area (Å²) >= 11 is 5.93. The standard InChI is InChI=1S/C23H26ClN3O4/c1-4-31-19-11-7-17(8-12-19)25-21(28)13-20-22(29)27(18-9-5-16(24)6-10-18)23(30)26(20)14-15(2)3/h5-12,15,20H,4,13-14H2,1-3H3,(H,25,28)/t20-/m0/s1. The van der Waals surface area contributed by atoms with Gasteiger partial charge in [-0.1, -0.05) is 25.4 Å². The largest absolute Gasteiger partial charge is 0.494 e. The first-order valence-corrected chi connectivity index (χ1v) is 10.6. The first kappa shape index (κ1) is 22.6. The number of amides is 4. The zero-order chi connectivity index (χ0) is 22.5. The van der Waals surface area contributed by atoms with E-state index in [4.69, 9.17) is 16.3 Å². The molecule has 1 atom stereocenters. The van der Waals surface area contributed by atoms with Crippen LogP contribution in [0.25, 0.3) is 0 Å². The second-order valence-electron chi connectivity index (χ2n) is 7.70. The van der Waals surface area contributed by atoms with Crippen LogP contribution in [0.1, 0.15) is 27.2 Å². The molecule has 1 N–H and O–H groups in total. The van der Waals surface area contributed by atoms with E-state index in [2.05, 4.69) is 5.32 Å². The molecule has 0 radical (unpaired) electrons. The van der Waals surface area contributed by atoms with E-state index in [1.807, 2.05) is 20.8 Å². The van der Waals surface area contributed by atoms with Crippen LogP contribution >= 0.6 is 11.6 Å². The van der Waals surface area contributed by atoms with Crippen LogP contribution in [-0.4, -0.2) is 41.9 Å². The molecule has 0 bridgehead atoms. The Morgan fingerprint density at radius 1 is 1.10 bits per heavy atom. The molecular weight excluding hydrogens is 418 g/mol. The van der Waals surface area contributed by atoms with E-state index in [9.17, 15) is 14.4 Å². The monoisotopic (exact) mass is 443 g/mol. The number of anilines is 2. The Labute approximate surface area is 186 Å². The van der Waals surface area contributed by atoms with Gasteiger partial charge in [-0.15, -0.1) is 0 Å². The molecule has 4 amide bonds. The topological polar surface area (TPSA) is 79.0 Å². The van der Waals surface area contributed by atoms with E-state index in [1.54, 1.807) is 48.5 Å². The number of benzene rings is 2. The maximum atomic E-state index is 13.1. The number of imide groups is 1. The van der Waals surface area contributed by atoms with Crippen molar-refractivity contribution in [3.63, 3.8) is 0 Å². The summed E-state index contributed by atoms with van der Waals surface area (Å²) in [4.78, 5) is 41.4. The van der Waals surface area contributed by atoms with Crippen LogP contribution in [0, 0.1) is 5.92 Å². The van der Waals surface area contributed by atoms with Gasteiger partial charge in [0.2, 0.25) is 5.91 Å². The molecule has 0 aromatic heterocycles. The number of hydrogen-bond donors (Lipinski definition) is 1. The first-order valence-electron chi connectivity index (χ1n) is 10.2. The van der Waals surface area contributed by atoms with Crippen LogP contribution < -0.4 is 15.0 Å². The number of hydrogen-bond acceptors (Lipinski definition) is 4. The average Bonchev–Trinajstić information content (AvgIpc) is 2.94. The highest BCUT2D eigenvalue weighted by atomic mass is 35.5. The van der Waals surface area contributed by atoms with E-state index in [0.29, 0.717) is 35.3 Å². The summed E-state index contributed by atoms with van der Waals surface area (Å²) in [6.07, 6.45) is -0.130. The van der Waals surface area contributed by atoms with E-state index in [1.165, 1.54) is 4.90 Å². The van der Waals surface area contributed by atoms with Crippen molar-refractivity contribution in [2.75, 3.05) is 23.4 Å². The van der Waals surface area contributed by atoms with E-state index < -0.39 is 18.0 Å². The van der Waals surface area contributed by atoms with Gasteiger partial charge < -0.3 is 15.0 Å². The Hall–Kier alpha value is -3.06. The van der Waals surface area contributed by atoms with E-state index in [0.717, 1.165) is 4.90 Å². The Morgan fingerprint density at radius 2 is 1.74 bits per heavy atom. The predicted molar refractivity (Wildman–Crippen MR) is 121 cm³/mol. The van der Waals surface area contributed by atoms with Crippen LogP contribution in [0.15, 0.2) is 48.5 Å². The normalized spacial score (nSPS) is 16.2. The molecular formula is C23H26ClN3O4. The Kier molecular flexibility index (Phi) is 7.17. The number of urea groups is 1. The molecule has 1 fully saturated rings. The van der Waals surface area contributed by atoms with E-state index >= 15 is 0 Å². The fourth-order valence-corrected chi connectivity index (χ4v) is 3.58. The van der Waals surface area contributed by atoms with Gasteiger partial charge in [0, 0.05) is 17.3 Å². The molecule has 0 unspecified atom stereocenters. The Bertz CT molecular complexity index is 944. The molecule has 0 spiro atoms. The molecule has 0 aliphatic carbocycles. The van der Waals surface area contributed by atoms with Crippen LogP contribution in [0.2, 0.25) is 5.02 Å². The van der Waals surface area contributed by atoms with Gasteiger partial charge >= 0.3 is 6.03 Å². The molecule has 1 aliphatic rings. The maximum Gasteiger partial charge on any atom is 0.332 e. The fraction of sp³-hybridized carbons (Fsp3) is 0.348. The average molecular weight is 444 g/mol. The number of nitrogens with one attached hydrogen (secondary N) is 1. The maximum absolute atomic E-state index is 13.1. The Morgan fingerprint density at radius 3 is 2.32 bits per heavy atom. The first-order chi connectivity index (χ1) is 14.8. The van der Waals surface area contributed by atoms with E-state index in [-0.39, 0.29) is 18.2 Å². The van der Waals surface area contributed by atoms with Crippen LogP contribution in [0.5, 0.6) is 5.75 Å². The summed E-state index contributed by atoms with van der Waals surface area (Å²) in [5.74, 6) is 0.0780. The third-order valence-electron chi connectivity index (χ3n) is 4.79. The highest BCUT2D eigenvalue weighted by Crippen LogP contribution is 2.29. The van der Waals surface area contributed by atoms with Gasteiger partial charge in [0.15, 0.2) is 0 Å². The van der Waals surface area contributed by atoms with Crippen molar-refractivity contribution in [1.82, 2.24) is 4.90 Å². The summed E-state index contributed by atoms with van der Waals surface area (Å²) in [6, 6.07) is 12.2. The number of nitrogens with zero attached hydrogens (tertiary/aromatic N) is 2.